The molecule has 1 aromatic rings. The summed E-state index contributed by atoms with van der Waals surface area (Å²) in [7, 11) is -0.648. The van der Waals surface area contributed by atoms with E-state index in [-0.39, 0.29) is 23.1 Å². The number of hydrogen-bond donors (Lipinski definition) is 3. The highest BCUT2D eigenvalue weighted by Crippen LogP contribution is 2.12. The van der Waals surface area contributed by atoms with Crippen molar-refractivity contribution in [3.63, 3.8) is 0 Å². The third kappa shape index (κ3) is 3.31. The number of rotatable bonds is 6. The van der Waals surface area contributed by atoms with Gasteiger partial charge in [-0.05, 0) is 19.5 Å². The molecule has 1 heterocycles. The van der Waals surface area contributed by atoms with E-state index >= 15 is 0 Å². The zero-order valence-corrected chi connectivity index (χ0v) is 11.1. The van der Waals surface area contributed by atoms with Gasteiger partial charge in [0, 0.05) is 26.4 Å². The maximum atomic E-state index is 11.7. The SMILES string of the molecule is CNS(=O)(=O)c1cc(C(=O)NCCCO)n(C)c1. The summed E-state index contributed by atoms with van der Waals surface area (Å²) in [4.78, 5) is 11.8. The Kier molecular flexibility index (Phi) is 4.88. The molecule has 0 saturated carbocycles. The zero-order chi connectivity index (χ0) is 13.8. The number of nitrogens with zero attached hydrogens (tertiary/aromatic N) is 1. The second-order valence-electron chi connectivity index (χ2n) is 3.71. The summed E-state index contributed by atoms with van der Waals surface area (Å²) in [6, 6.07) is 1.31. The molecule has 0 aromatic carbocycles. The Hall–Kier alpha value is -1.38. The molecular formula is C10H17N3O4S. The summed E-state index contributed by atoms with van der Waals surface area (Å²) < 4.78 is 26.7. The molecule has 0 aliphatic carbocycles. The molecule has 0 bridgehead atoms. The summed E-state index contributed by atoms with van der Waals surface area (Å²) in [6.45, 7) is 0.335. The topological polar surface area (TPSA) is 100 Å². The molecule has 3 N–H and O–H groups in total. The number of nitrogens with one attached hydrogen (secondary N) is 2. The van der Waals surface area contributed by atoms with Gasteiger partial charge < -0.3 is 15.0 Å². The van der Waals surface area contributed by atoms with Crippen LogP contribution in [0.1, 0.15) is 16.9 Å². The van der Waals surface area contributed by atoms with Gasteiger partial charge in [0.1, 0.15) is 10.6 Å². The van der Waals surface area contributed by atoms with Crippen LogP contribution in [0.2, 0.25) is 0 Å². The first-order valence-corrected chi connectivity index (χ1v) is 6.89. The maximum Gasteiger partial charge on any atom is 0.267 e. The van der Waals surface area contributed by atoms with Gasteiger partial charge in [-0.25, -0.2) is 13.1 Å². The molecular weight excluding hydrogens is 258 g/mol. The second kappa shape index (κ2) is 5.98. The molecule has 0 saturated heterocycles. The Balaban J connectivity index is 2.88. The lowest BCUT2D eigenvalue weighted by Crippen LogP contribution is -2.26. The van der Waals surface area contributed by atoms with Gasteiger partial charge in [0.2, 0.25) is 10.0 Å². The van der Waals surface area contributed by atoms with Crippen LogP contribution in [0.25, 0.3) is 0 Å². The van der Waals surface area contributed by atoms with Crippen molar-refractivity contribution in [3.05, 3.63) is 18.0 Å². The van der Waals surface area contributed by atoms with E-state index in [0.717, 1.165) is 0 Å². The Labute approximate surface area is 106 Å². The lowest BCUT2D eigenvalue weighted by atomic mass is 10.3. The van der Waals surface area contributed by atoms with Crippen molar-refractivity contribution in [2.24, 2.45) is 7.05 Å². The van der Waals surface area contributed by atoms with E-state index in [1.165, 1.54) is 23.9 Å². The highest BCUT2D eigenvalue weighted by molar-refractivity contribution is 7.89. The minimum absolute atomic E-state index is 0.00714. The number of aliphatic hydroxyl groups excluding tert-OH is 1. The highest BCUT2D eigenvalue weighted by atomic mass is 32.2. The number of aromatic nitrogens is 1. The van der Waals surface area contributed by atoms with Gasteiger partial charge in [0.25, 0.3) is 5.91 Å². The standard InChI is InChI=1S/C10H17N3O4S/c1-11-18(16,17)8-6-9(13(2)7-8)10(15)12-4-3-5-14/h6-7,11,14H,3-5H2,1-2H3,(H,12,15). The van der Waals surface area contributed by atoms with Crippen LogP contribution in [0.4, 0.5) is 0 Å². The number of sulfonamides is 1. The molecule has 7 nitrogen and oxygen atoms in total. The van der Waals surface area contributed by atoms with E-state index < -0.39 is 10.0 Å². The van der Waals surface area contributed by atoms with Crippen molar-refractivity contribution in [1.82, 2.24) is 14.6 Å². The predicted octanol–water partition coefficient (Wildman–Crippen LogP) is -0.955. The average Bonchev–Trinajstić information content (AvgIpc) is 2.72. The van der Waals surface area contributed by atoms with E-state index in [1.54, 1.807) is 7.05 Å². The van der Waals surface area contributed by atoms with Crippen LogP contribution in [-0.2, 0) is 17.1 Å². The predicted molar refractivity (Wildman–Crippen MR) is 65.7 cm³/mol. The molecule has 0 unspecified atom stereocenters. The Morgan fingerprint density at radius 3 is 2.72 bits per heavy atom. The van der Waals surface area contributed by atoms with Gasteiger partial charge in [-0.2, -0.15) is 0 Å². The zero-order valence-electron chi connectivity index (χ0n) is 10.3. The van der Waals surface area contributed by atoms with Crippen LogP contribution < -0.4 is 10.0 Å². The fourth-order valence-corrected chi connectivity index (χ4v) is 2.20. The maximum absolute atomic E-state index is 11.7. The van der Waals surface area contributed by atoms with Gasteiger partial charge in [-0.3, -0.25) is 4.79 Å². The molecule has 0 aliphatic rings. The molecule has 1 rings (SSSR count). The smallest absolute Gasteiger partial charge is 0.267 e. The van der Waals surface area contributed by atoms with E-state index in [0.29, 0.717) is 13.0 Å². The Bertz CT molecular complexity index is 521. The van der Waals surface area contributed by atoms with E-state index in [9.17, 15) is 13.2 Å². The minimum Gasteiger partial charge on any atom is -0.396 e. The molecule has 0 atom stereocenters. The fraction of sp³-hybridized carbons (Fsp3) is 0.500. The number of aliphatic hydroxyl groups is 1. The largest absolute Gasteiger partial charge is 0.396 e. The monoisotopic (exact) mass is 275 g/mol. The van der Waals surface area contributed by atoms with Gasteiger partial charge >= 0.3 is 0 Å². The number of hydrogen-bond acceptors (Lipinski definition) is 4. The van der Waals surface area contributed by atoms with E-state index in [1.807, 2.05) is 0 Å². The minimum atomic E-state index is -3.55. The van der Waals surface area contributed by atoms with Crippen LogP contribution in [0.3, 0.4) is 0 Å². The molecule has 102 valence electrons. The first-order valence-electron chi connectivity index (χ1n) is 5.41. The molecule has 0 fully saturated rings. The van der Waals surface area contributed by atoms with Gasteiger partial charge in [0.15, 0.2) is 0 Å². The van der Waals surface area contributed by atoms with Crippen molar-refractivity contribution >= 4 is 15.9 Å². The molecule has 0 aliphatic heterocycles. The van der Waals surface area contributed by atoms with Crippen LogP contribution >= 0.6 is 0 Å². The molecule has 0 spiro atoms. The first kappa shape index (κ1) is 14.7. The lowest BCUT2D eigenvalue weighted by Gasteiger charge is -2.04. The first-order chi connectivity index (χ1) is 8.42. The molecule has 1 aromatic heterocycles. The van der Waals surface area contributed by atoms with Crippen LogP contribution in [-0.4, -0.2) is 44.2 Å². The van der Waals surface area contributed by atoms with Gasteiger partial charge in [-0.1, -0.05) is 0 Å². The molecule has 0 radical (unpaired) electrons. The van der Waals surface area contributed by atoms with Crippen molar-refractivity contribution in [1.29, 1.82) is 0 Å². The third-order valence-electron chi connectivity index (χ3n) is 2.41. The quantitative estimate of drug-likeness (QED) is 0.582. The van der Waals surface area contributed by atoms with Gasteiger partial charge in [0.05, 0.1) is 0 Å². The molecule has 8 heteroatoms. The molecule has 1 amide bonds. The van der Waals surface area contributed by atoms with Crippen molar-refractivity contribution in [2.45, 2.75) is 11.3 Å². The summed E-state index contributed by atoms with van der Waals surface area (Å²) in [5.74, 6) is -0.372. The van der Waals surface area contributed by atoms with Crippen molar-refractivity contribution in [2.75, 3.05) is 20.2 Å². The second-order valence-corrected chi connectivity index (χ2v) is 5.60. The number of carbonyl (C=O) groups excluding carboxylic acids is 1. The Morgan fingerprint density at radius 2 is 2.17 bits per heavy atom. The summed E-state index contributed by atoms with van der Waals surface area (Å²) in [5.41, 5.74) is 0.252. The van der Waals surface area contributed by atoms with Crippen molar-refractivity contribution < 1.29 is 18.3 Å². The highest BCUT2D eigenvalue weighted by Gasteiger charge is 2.18. The fourth-order valence-electron chi connectivity index (χ4n) is 1.40. The van der Waals surface area contributed by atoms with Crippen LogP contribution in [0, 0.1) is 0 Å². The lowest BCUT2D eigenvalue weighted by molar-refractivity contribution is 0.0943. The van der Waals surface area contributed by atoms with E-state index in [2.05, 4.69) is 10.0 Å². The third-order valence-corrected chi connectivity index (χ3v) is 3.79. The van der Waals surface area contributed by atoms with Gasteiger partial charge in [-0.15, -0.1) is 0 Å². The average molecular weight is 275 g/mol. The van der Waals surface area contributed by atoms with E-state index in [4.69, 9.17) is 5.11 Å². The number of amides is 1. The number of carbonyl (C=O) groups is 1. The summed E-state index contributed by atoms with van der Waals surface area (Å²) in [5, 5.41) is 11.2. The summed E-state index contributed by atoms with van der Waals surface area (Å²) >= 11 is 0. The Morgan fingerprint density at radius 1 is 1.50 bits per heavy atom. The normalized spacial score (nSPS) is 11.5. The molecule has 18 heavy (non-hydrogen) atoms. The number of aryl methyl sites for hydroxylation is 1. The summed E-state index contributed by atoms with van der Waals surface area (Å²) in [6.07, 6.45) is 1.82. The van der Waals surface area contributed by atoms with Crippen LogP contribution in [0.5, 0.6) is 0 Å². The van der Waals surface area contributed by atoms with Crippen molar-refractivity contribution in [3.8, 4) is 0 Å². The van der Waals surface area contributed by atoms with Crippen LogP contribution in [0.15, 0.2) is 17.2 Å².